The van der Waals surface area contributed by atoms with E-state index in [4.69, 9.17) is 0 Å². The Balaban J connectivity index is 1.40. The number of piperazine rings is 1. The smallest absolute Gasteiger partial charge is 0.364 e. The van der Waals surface area contributed by atoms with Crippen molar-refractivity contribution in [1.29, 1.82) is 0 Å². The molecule has 11 heteroatoms. The van der Waals surface area contributed by atoms with Gasteiger partial charge in [-0.2, -0.15) is 13.2 Å². The average molecular weight is 541 g/mol. The fraction of sp³-hybridized carbons (Fsp3) is 0.321. The number of aromatic nitrogens is 3. The minimum Gasteiger partial charge on any atom is -0.364 e. The van der Waals surface area contributed by atoms with Gasteiger partial charge in [-0.25, -0.2) is 14.4 Å². The summed E-state index contributed by atoms with van der Waals surface area (Å²) in [7, 11) is 0. The lowest BCUT2D eigenvalue weighted by Crippen LogP contribution is -2.47. The Labute approximate surface area is 222 Å². The normalized spacial score (nSPS) is 15.5. The summed E-state index contributed by atoms with van der Waals surface area (Å²) in [5.74, 6) is -0.691. The highest BCUT2D eigenvalue weighted by Crippen LogP contribution is 2.35. The van der Waals surface area contributed by atoms with Crippen LogP contribution in [0.4, 0.5) is 29.1 Å². The van der Waals surface area contributed by atoms with E-state index >= 15 is 0 Å². The van der Waals surface area contributed by atoms with E-state index in [0.29, 0.717) is 41.9 Å². The maximum absolute atomic E-state index is 14.8. The van der Waals surface area contributed by atoms with Crippen molar-refractivity contribution in [2.45, 2.75) is 32.6 Å². The van der Waals surface area contributed by atoms with Gasteiger partial charge in [0.25, 0.3) is 5.56 Å². The number of benzene rings is 2. The molecule has 7 nitrogen and oxygen atoms in total. The van der Waals surface area contributed by atoms with Crippen LogP contribution in [0.5, 0.6) is 0 Å². The zero-order chi connectivity index (χ0) is 27.7. The number of nitrogens with one attached hydrogen (secondary N) is 2. The molecule has 3 heterocycles. The van der Waals surface area contributed by atoms with Crippen molar-refractivity contribution in [3.05, 3.63) is 93.3 Å². The Bertz CT molecular complexity index is 1530. The SMILES string of the molecule is Cc1nc(N[C@H](C)c2cccc(C(F)(F)F)c2F)c2cc(N3CCN(Cc4ccccc4)CC3)c(=O)[nH]c2n1. The molecule has 1 aliphatic rings. The molecule has 0 amide bonds. The van der Waals surface area contributed by atoms with Crippen LogP contribution in [0.2, 0.25) is 0 Å². The third kappa shape index (κ3) is 5.73. The van der Waals surface area contributed by atoms with Crippen LogP contribution < -0.4 is 15.8 Å². The summed E-state index contributed by atoms with van der Waals surface area (Å²) in [6, 6.07) is 14.2. The maximum atomic E-state index is 14.8. The fourth-order valence-electron chi connectivity index (χ4n) is 4.91. The number of pyridine rings is 1. The van der Waals surface area contributed by atoms with Gasteiger partial charge in [-0.1, -0.05) is 42.5 Å². The molecule has 2 aromatic carbocycles. The number of nitrogens with zero attached hydrogens (tertiary/aromatic N) is 4. The van der Waals surface area contributed by atoms with E-state index in [1.807, 2.05) is 23.1 Å². The number of aryl methyl sites for hydroxylation is 1. The lowest BCUT2D eigenvalue weighted by molar-refractivity contribution is -0.140. The van der Waals surface area contributed by atoms with Crippen molar-refractivity contribution in [2.24, 2.45) is 0 Å². The van der Waals surface area contributed by atoms with Crippen molar-refractivity contribution in [2.75, 3.05) is 36.4 Å². The third-order valence-corrected chi connectivity index (χ3v) is 6.92. The zero-order valence-electron chi connectivity index (χ0n) is 21.5. The van der Waals surface area contributed by atoms with Crippen LogP contribution >= 0.6 is 0 Å². The zero-order valence-corrected chi connectivity index (χ0v) is 21.5. The summed E-state index contributed by atoms with van der Waals surface area (Å²) in [5, 5.41) is 3.53. The highest BCUT2D eigenvalue weighted by Gasteiger charge is 2.35. The summed E-state index contributed by atoms with van der Waals surface area (Å²) < 4.78 is 54.5. The van der Waals surface area contributed by atoms with E-state index in [1.165, 1.54) is 17.7 Å². The molecule has 2 aromatic heterocycles. The second-order valence-corrected chi connectivity index (χ2v) is 9.69. The first-order valence-corrected chi connectivity index (χ1v) is 12.6. The van der Waals surface area contributed by atoms with Crippen molar-refractivity contribution < 1.29 is 17.6 Å². The largest absolute Gasteiger partial charge is 0.419 e. The van der Waals surface area contributed by atoms with Gasteiger partial charge in [0.1, 0.15) is 28.8 Å². The lowest BCUT2D eigenvalue weighted by Gasteiger charge is -2.35. The molecule has 0 saturated carbocycles. The molecule has 4 aromatic rings. The number of rotatable bonds is 6. The van der Waals surface area contributed by atoms with Crippen LogP contribution in [0, 0.1) is 12.7 Å². The lowest BCUT2D eigenvalue weighted by atomic mass is 10.0. The Hall–Kier alpha value is -3.99. The van der Waals surface area contributed by atoms with Gasteiger partial charge in [-0.15, -0.1) is 0 Å². The molecule has 0 bridgehead atoms. The Morgan fingerprint density at radius 3 is 2.44 bits per heavy atom. The topological polar surface area (TPSA) is 77.2 Å². The minimum absolute atomic E-state index is 0.145. The first-order chi connectivity index (χ1) is 18.6. The number of anilines is 2. The van der Waals surface area contributed by atoms with Crippen molar-refractivity contribution in [3.8, 4) is 0 Å². The second kappa shape index (κ2) is 10.6. The van der Waals surface area contributed by atoms with Gasteiger partial charge in [0.2, 0.25) is 0 Å². The van der Waals surface area contributed by atoms with E-state index in [9.17, 15) is 22.4 Å². The Morgan fingerprint density at radius 1 is 1.03 bits per heavy atom. The van der Waals surface area contributed by atoms with E-state index in [2.05, 4.69) is 37.3 Å². The number of alkyl halides is 3. The molecule has 204 valence electrons. The van der Waals surface area contributed by atoms with Crippen LogP contribution in [-0.4, -0.2) is 46.0 Å². The molecule has 1 fully saturated rings. The van der Waals surface area contributed by atoms with Gasteiger partial charge in [0.05, 0.1) is 17.0 Å². The summed E-state index contributed by atoms with van der Waals surface area (Å²) in [6.07, 6.45) is -4.81. The van der Waals surface area contributed by atoms with Crippen molar-refractivity contribution >= 4 is 22.5 Å². The summed E-state index contributed by atoms with van der Waals surface area (Å²) in [4.78, 5) is 28.9. The number of fused-ring (bicyclic) bond motifs is 1. The van der Waals surface area contributed by atoms with Gasteiger partial charge in [0, 0.05) is 38.3 Å². The van der Waals surface area contributed by atoms with Crippen molar-refractivity contribution in [3.63, 3.8) is 0 Å². The molecule has 1 saturated heterocycles. The fourth-order valence-corrected chi connectivity index (χ4v) is 4.91. The number of hydrogen-bond donors (Lipinski definition) is 2. The predicted molar refractivity (Wildman–Crippen MR) is 142 cm³/mol. The van der Waals surface area contributed by atoms with E-state index in [1.54, 1.807) is 19.9 Å². The standard InChI is InChI=1S/C28H28F4N6O/c1-17(20-9-6-10-22(24(20)29)28(30,31)32)33-25-21-15-23(27(39)36-26(21)35-18(2)34-25)38-13-11-37(12-14-38)16-19-7-4-3-5-8-19/h3-10,15,17H,11-14,16H2,1-2H3,(H2,33,34,35,36,39)/t17-/m1/s1. The quantitative estimate of drug-likeness (QED) is 0.324. The van der Waals surface area contributed by atoms with Crippen molar-refractivity contribution in [1.82, 2.24) is 19.9 Å². The molecule has 1 atom stereocenters. The van der Waals surface area contributed by atoms with Crippen LogP contribution in [0.25, 0.3) is 11.0 Å². The second-order valence-electron chi connectivity index (χ2n) is 9.69. The van der Waals surface area contributed by atoms with Gasteiger partial charge in [-0.3, -0.25) is 9.69 Å². The number of hydrogen-bond acceptors (Lipinski definition) is 6. The summed E-state index contributed by atoms with van der Waals surface area (Å²) in [6.45, 7) is 6.85. The summed E-state index contributed by atoms with van der Waals surface area (Å²) >= 11 is 0. The molecule has 0 unspecified atom stereocenters. The number of aromatic amines is 1. The van der Waals surface area contributed by atoms with Gasteiger partial charge >= 0.3 is 6.18 Å². The predicted octanol–water partition coefficient (Wildman–Crippen LogP) is 5.28. The molecule has 0 aliphatic carbocycles. The van der Waals surface area contributed by atoms with Crippen LogP contribution in [0.15, 0.2) is 59.4 Å². The molecule has 0 radical (unpaired) electrons. The molecule has 2 N–H and O–H groups in total. The molecular formula is C28H28F4N6O. The monoisotopic (exact) mass is 540 g/mol. The number of halogens is 4. The van der Waals surface area contributed by atoms with Gasteiger partial charge in [0.15, 0.2) is 0 Å². The van der Waals surface area contributed by atoms with Crippen LogP contribution in [0.1, 0.15) is 35.5 Å². The Morgan fingerprint density at radius 2 is 1.74 bits per heavy atom. The molecule has 0 spiro atoms. The average Bonchev–Trinajstić information content (AvgIpc) is 2.89. The first-order valence-electron chi connectivity index (χ1n) is 12.6. The highest BCUT2D eigenvalue weighted by atomic mass is 19.4. The number of H-pyrrole nitrogens is 1. The maximum Gasteiger partial charge on any atom is 0.419 e. The van der Waals surface area contributed by atoms with Gasteiger partial charge < -0.3 is 15.2 Å². The van der Waals surface area contributed by atoms with E-state index < -0.39 is 23.6 Å². The Kier molecular flexibility index (Phi) is 7.26. The van der Waals surface area contributed by atoms with Gasteiger partial charge in [-0.05, 0) is 31.5 Å². The first kappa shape index (κ1) is 26.6. The molecule has 1 aliphatic heterocycles. The molecular weight excluding hydrogens is 512 g/mol. The molecule has 5 rings (SSSR count). The summed E-state index contributed by atoms with van der Waals surface area (Å²) in [5.41, 5.74) is 0.210. The third-order valence-electron chi connectivity index (χ3n) is 6.92. The van der Waals surface area contributed by atoms with E-state index in [0.717, 1.165) is 19.6 Å². The van der Waals surface area contributed by atoms with Crippen LogP contribution in [-0.2, 0) is 12.7 Å². The minimum atomic E-state index is -4.81. The molecule has 39 heavy (non-hydrogen) atoms. The van der Waals surface area contributed by atoms with Crippen LogP contribution in [0.3, 0.4) is 0 Å². The van der Waals surface area contributed by atoms with E-state index in [-0.39, 0.29) is 16.8 Å². The highest BCUT2D eigenvalue weighted by molar-refractivity contribution is 5.89.